The van der Waals surface area contributed by atoms with Gasteiger partial charge in [-0.3, -0.25) is 4.90 Å². The second-order valence-corrected chi connectivity index (χ2v) is 3.45. The molecule has 0 aromatic heterocycles. The van der Waals surface area contributed by atoms with E-state index in [1.54, 1.807) is 7.11 Å². The largest absolute Gasteiger partial charge is 0.380 e. The monoisotopic (exact) mass is 217 g/mol. The van der Waals surface area contributed by atoms with Crippen LogP contribution in [0.5, 0.6) is 0 Å². The first-order valence-electron chi connectivity index (χ1n) is 5.80. The van der Waals surface area contributed by atoms with Crippen molar-refractivity contribution >= 4 is 0 Å². The highest BCUT2D eigenvalue weighted by Gasteiger charge is 2.32. The van der Waals surface area contributed by atoms with E-state index in [9.17, 15) is 4.39 Å². The molecule has 0 saturated carbocycles. The summed E-state index contributed by atoms with van der Waals surface area (Å²) in [5.41, 5.74) is 0.871. The van der Waals surface area contributed by atoms with Crippen LogP contribution in [0, 0.1) is 0 Å². The molecule has 1 rings (SSSR count). The topological polar surface area (TPSA) is 12.5 Å². The molecule has 0 amide bonds. The lowest BCUT2D eigenvalue weighted by Crippen LogP contribution is -2.39. The first-order chi connectivity index (χ1) is 7.24. The Kier molecular flexibility index (Phi) is 7.61. The number of methoxy groups -OCH3 is 1. The summed E-state index contributed by atoms with van der Waals surface area (Å²) in [6, 6.07) is 0.139. The Morgan fingerprint density at radius 3 is 2.60 bits per heavy atom. The van der Waals surface area contributed by atoms with Crippen LogP contribution in [0.4, 0.5) is 4.39 Å². The molecule has 1 saturated heterocycles. The second kappa shape index (κ2) is 7.83. The lowest BCUT2D eigenvalue weighted by atomic mass is 10.1. The van der Waals surface area contributed by atoms with Crippen LogP contribution in [0.2, 0.25) is 0 Å². The van der Waals surface area contributed by atoms with E-state index in [2.05, 4.69) is 11.8 Å². The third-order valence-corrected chi connectivity index (χ3v) is 2.82. The number of ether oxygens (including phenoxy) is 1. The second-order valence-electron chi connectivity index (χ2n) is 3.45. The Morgan fingerprint density at radius 1 is 1.60 bits per heavy atom. The molecule has 3 heteroatoms. The Balaban J connectivity index is 0.000000921. The van der Waals surface area contributed by atoms with E-state index in [1.807, 2.05) is 20.8 Å². The first-order valence-corrected chi connectivity index (χ1v) is 5.80. The summed E-state index contributed by atoms with van der Waals surface area (Å²) in [4.78, 5) is 2.25. The van der Waals surface area contributed by atoms with Gasteiger partial charge >= 0.3 is 0 Å². The van der Waals surface area contributed by atoms with Gasteiger partial charge in [-0.15, -0.1) is 0 Å². The van der Waals surface area contributed by atoms with E-state index >= 15 is 0 Å². The Hall–Kier alpha value is -0.410. The van der Waals surface area contributed by atoms with Gasteiger partial charge in [0.1, 0.15) is 0 Å². The molecular formula is C12H24FNO. The lowest BCUT2D eigenvalue weighted by Gasteiger charge is -2.27. The van der Waals surface area contributed by atoms with Crippen LogP contribution in [0.1, 0.15) is 34.1 Å². The zero-order chi connectivity index (χ0) is 11.8. The van der Waals surface area contributed by atoms with Crippen molar-refractivity contribution in [3.05, 3.63) is 11.9 Å². The zero-order valence-electron chi connectivity index (χ0n) is 10.6. The highest BCUT2D eigenvalue weighted by Crippen LogP contribution is 2.26. The maximum Gasteiger partial charge on any atom is 0.0876 e. The molecule has 15 heavy (non-hydrogen) atoms. The minimum atomic E-state index is 0.0736. The Bertz CT molecular complexity index is 194. The van der Waals surface area contributed by atoms with Gasteiger partial charge in [0.25, 0.3) is 0 Å². The van der Waals surface area contributed by atoms with E-state index in [0.717, 1.165) is 31.4 Å². The molecule has 2 nitrogen and oxygen atoms in total. The highest BCUT2D eigenvalue weighted by molar-refractivity contribution is 5.16. The molecule has 90 valence electrons. The van der Waals surface area contributed by atoms with Gasteiger partial charge in [0.05, 0.1) is 18.5 Å². The molecule has 1 aliphatic heterocycles. The molecule has 1 fully saturated rings. The van der Waals surface area contributed by atoms with Gasteiger partial charge in [-0.2, -0.15) is 0 Å². The highest BCUT2D eigenvalue weighted by atomic mass is 19.1. The number of rotatable bonds is 3. The molecule has 0 spiro atoms. The first kappa shape index (κ1) is 14.6. The lowest BCUT2D eigenvalue weighted by molar-refractivity contribution is 0.0570. The number of likely N-dealkylation sites (tertiary alicyclic amines) is 1. The Labute approximate surface area is 93.1 Å². The van der Waals surface area contributed by atoms with Gasteiger partial charge in [0.15, 0.2) is 0 Å². The summed E-state index contributed by atoms with van der Waals surface area (Å²) in [6.07, 6.45) is 1.66. The summed E-state index contributed by atoms with van der Waals surface area (Å²) in [5.74, 6) is 0. The third kappa shape index (κ3) is 3.58. The summed E-state index contributed by atoms with van der Waals surface area (Å²) in [7, 11) is 1.67. The molecule has 0 aromatic carbocycles. The standard InChI is InChI=1S/C10H18FNO.C2H6/c1-4-12-6-5-9(7-11)10(12)8(2)13-3;1-2/h7-8,10H,4-6H2,1-3H3;1-2H3/b9-7-;/t8?,10-;/m1./s1. The van der Waals surface area contributed by atoms with Crippen LogP contribution in [-0.2, 0) is 4.74 Å². The predicted molar refractivity (Wildman–Crippen MR) is 62.7 cm³/mol. The molecular weight excluding hydrogens is 193 g/mol. The minimum absolute atomic E-state index is 0.0736. The molecule has 0 bridgehead atoms. The average Bonchev–Trinajstić information content (AvgIpc) is 2.73. The molecule has 1 aliphatic rings. The fraction of sp³-hybridized carbons (Fsp3) is 0.833. The van der Waals surface area contributed by atoms with Crippen molar-refractivity contribution in [3.63, 3.8) is 0 Å². The van der Waals surface area contributed by atoms with Crippen molar-refractivity contribution in [2.45, 2.75) is 46.3 Å². The average molecular weight is 217 g/mol. The van der Waals surface area contributed by atoms with Gasteiger partial charge in [0, 0.05) is 13.7 Å². The zero-order valence-corrected chi connectivity index (χ0v) is 10.6. The fourth-order valence-corrected chi connectivity index (χ4v) is 2.00. The number of nitrogens with zero attached hydrogens (tertiary/aromatic N) is 1. The van der Waals surface area contributed by atoms with Crippen LogP contribution in [0.3, 0.4) is 0 Å². The van der Waals surface area contributed by atoms with E-state index in [0.29, 0.717) is 0 Å². The quantitative estimate of drug-likeness (QED) is 0.720. The predicted octanol–water partition coefficient (Wildman–Crippen LogP) is 3.00. The molecule has 0 N–H and O–H groups in total. The van der Waals surface area contributed by atoms with Gasteiger partial charge < -0.3 is 4.74 Å². The fourth-order valence-electron chi connectivity index (χ4n) is 2.00. The normalized spacial score (nSPS) is 26.3. The summed E-state index contributed by atoms with van der Waals surface area (Å²) in [6.45, 7) is 9.99. The number of halogens is 1. The van der Waals surface area contributed by atoms with Crippen LogP contribution in [0.15, 0.2) is 11.9 Å². The number of hydrogen-bond acceptors (Lipinski definition) is 2. The molecule has 1 heterocycles. The minimum Gasteiger partial charge on any atom is -0.380 e. The van der Waals surface area contributed by atoms with Crippen molar-refractivity contribution in [1.82, 2.24) is 4.90 Å². The van der Waals surface area contributed by atoms with E-state index in [-0.39, 0.29) is 12.1 Å². The van der Waals surface area contributed by atoms with Gasteiger partial charge in [-0.1, -0.05) is 20.8 Å². The molecule has 1 unspecified atom stereocenters. The SMILES string of the molecule is CC.CCN1CC/C(=C/F)[C@H]1C(C)OC. The van der Waals surface area contributed by atoms with Crippen molar-refractivity contribution < 1.29 is 9.13 Å². The number of likely N-dealkylation sites (N-methyl/N-ethyl adjacent to an activating group) is 1. The molecule has 0 aliphatic carbocycles. The van der Waals surface area contributed by atoms with Crippen LogP contribution < -0.4 is 0 Å². The van der Waals surface area contributed by atoms with Crippen LogP contribution >= 0.6 is 0 Å². The smallest absolute Gasteiger partial charge is 0.0876 e. The summed E-state index contributed by atoms with van der Waals surface area (Å²) >= 11 is 0. The van der Waals surface area contributed by atoms with Crippen molar-refractivity contribution in [1.29, 1.82) is 0 Å². The van der Waals surface area contributed by atoms with Gasteiger partial charge in [-0.25, -0.2) is 4.39 Å². The van der Waals surface area contributed by atoms with Gasteiger partial charge in [0.2, 0.25) is 0 Å². The molecule has 2 atom stereocenters. The van der Waals surface area contributed by atoms with E-state index in [1.165, 1.54) is 0 Å². The third-order valence-electron chi connectivity index (χ3n) is 2.82. The maximum absolute atomic E-state index is 12.5. The van der Waals surface area contributed by atoms with E-state index in [4.69, 9.17) is 4.74 Å². The Morgan fingerprint density at radius 2 is 2.20 bits per heavy atom. The van der Waals surface area contributed by atoms with Gasteiger partial charge in [-0.05, 0) is 25.5 Å². The molecule has 0 aromatic rings. The maximum atomic E-state index is 12.5. The van der Waals surface area contributed by atoms with E-state index < -0.39 is 0 Å². The van der Waals surface area contributed by atoms with Crippen LogP contribution in [-0.4, -0.2) is 37.2 Å². The summed E-state index contributed by atoms with van der Waals surface area (Å²) in [5, 5.41) is 0. The van der Waals surface area contributed by atoms with Crippen molar-refractivity contribution in [3.8, 4) is 0 Å². The summed E-state index contributed by atoms with van der Waals surface area (Å²) < 4.78 is 17.8. The number of hydrogen-bond donors (Lipinski definition) is 0. The molecule has 0 radical (unpaired) electrons. The van der Waals surface area contributed by atoms with Crippen molar-refractivity contribution in [2.75, 3.05) is 20.2 Å². The van der Waals surface area contributed by atoms with Crippen LogP contribution in [0.25, 0.3) is 0 Å². The van der Waals surface area contributed by atoms with Crippen molar-refractivity contribution in [2.24, 2.45) is 0 Å².